The van der Waals surface area contributed by atoms with Gasteiger partial charge in [-0.25, -0.2) is 0 Å². The molecule has 1 N–H and O–H groups in total. The van der Waals surface area contributed by atoms with Gasteiger partial charge in [-0.2, -0.15) is 0 Å². The first kappa shape index (κ1) is 16.2. The molecule has 0 aliphatic carbocycles. The van der Waals surface area contributed by atoms with Gasteiger partial charge in [0.15, 0.2) is 0 Å². The molecule has 4 aromatic carbocycles. The van der Waals surface area contributed by atoms with Crippen molar-refractivity contribution in [1.29, 1.82) is 0 Å². The predicted molar refractivity (Wildman–Crippen MR) is 112 cm³/mol. The number of rotatable bonds is 4. The van der Waals surface area contributed by atoms with E-state index in [1.807, 2.05) is 18.2 Å². The van der Waals surface area contributed by atoms with Crippen molar-refractivity contribution < 1.29 is 0 Å². The van der Waals surface area contributed by atoms with E-state index < -0.39 is 0 Å². The summed E-state index contributed by atoms with van der Waals surface area (Å²) in [5.41, 5.74) is 8.36. The molecule has 0 bridgehead atoms. The Balaban J connectivity index is 1.77. The van der Waals surface area contributed by atoms with Gasteiger partial charge in [-0.15, -0.1) is 0 Å². The molecule has 4 rings (SSSR count). The topological polar surface area (TPSA) is 12.0 Å². The number of hydrogen-bond donors (Lipinski definition) is 1. The number of nitrogens with one attached hydrogen (secondary N) is 1. The van der Waals surface area contributed by atoms with E-state index in [0.717, 1.165) is 11.4 Å². The average molecular weight is 335 g/mol. The Morgan fingerprint density at radius 1 is 0.538 bits per heavy atom. The zero-order valence-corrected chi connectivity index (χ0v) is 14.8. The quantitative estimate of drug-likeness (QED) is 0.420. The third-order valence-corrected chi connectivity index (χ3v) is 4.51. The highest BCUT2D eigenvalue weighted by atomic mass is 14.9. The Hall–Kier alpha value is -3.32. The van der Waals surface area contributed by atoms with Crippen LogP contribution in [0.1, 0.15) is 5.56 Å². The molecule has 1 nitrogen and oxygen atoms in total. The highest BCUT2D eigenvalue weighted by Gasteiger charge is 2.08. The largest absolute Gasteiger partial charge is 0.355 e. The van der Waals surface area contributed by atoms with Crippen LogP contribution in [-0.4, -0.2) is 0 Å². The van der Waals surface area contributed by atoms with E-state index >= 15 is 0 Å². The molecule has 0 aliphatic heterocycles. The second-order valence-corrected chi connectivity index (χ2v) is 6.49. The fourth-order valence-corrected chi connectivity index (χ4v) is 3.18. The van der Waals surface area contributed by atoms with Crippen LogP contribution in [0.15, 0.2) is 103 Å². The average Bonchev–Trinajstić information content (AvgIpc) is 2.71. The fourth-order valence-electron chi connectivity index (χ4n) is 3.18. The zero-order valence-electron chi connectivity index (χ0n) is 14.8. The summed E-state index contributed by atoms with van der Waals surface area (Å²) < 4.78 is 0. The van der Waals surface area contributed by atoms with Crippen molar-refractivity contribution in [2.45, 2.75) is 6.92 Å². The van der Waals surface area contributed by atoms with Crippen molar-refractivity contribution in [3.8, 4) is 22.3 Å². The van der Waals surface area contributed by atoms with Crippen LogP contribution in [0.2, 0.25) is 0 Å². The van der Waals surface area contributed by atoms with E-state index in [-0.39, 0.29) is 0 Å². The summed E-state index contributed by atoms with van der Waals surface area (Å²) >= 11 is 0. The van der Waals surface area contributed by atoms with E-state index in [9.17, 15) is 0 Å². The third kappa shape index (κ3) is 3.52. The van der Waals surface area contributed by atoms with Gasteiger partial charge in [0.1, 0.15) is 0 Å². The van der Waals surface area contributed by atoms with Crippen LogP contribution in [0.3, 0.4) is 0 Å². The van der Waals surface area contributed by atoms with Crippen LogP contribution >= 0.6 is 0 Å². The summed E-state index contributed by atoms with van der Waals surface area (Å²) in [4.78, 5) is 0. The molecular formula is C25H21N. The minimum absolute atomic E-state index is 1.09. The number of anilines is 2. The van der Waals surface area contributed by atoms with E-state index in [2.05, 4.69) is 97.2 Å². The maximum atomic E-state index is 3.56. The van der Waals surface area contributed by atoms with Gasteiger partial charge in [0.25, 0.3) is 0 Å². The lowest BCUT2D eigenvalue weighted by molar-refractivity contribution is 1.44. The molecule has 4 aromatic rings. The predicted octanol–water partition coefficient (Wildman–Crippen LogP) is 7.07. The molecule has 0 atom stereocenters. The number of benzene rings is 4. The van der Waals surface area contributed by atoms with Crippen LogP contribution < -0.4 is 5.32 Å². The lowest BCUT2D eigenvalue weighted by atomic mass is 9.97. The molecule has 26 heavy (non-hydrogen) atoms. The van der Waals surface area contributed by atoms with Crippen LogP contribution in [0.5, 0.6) is 0 Å². The zero-order chi connectivity index (χ0) is 17.8. The molecule has 0 saturated carbocycles. The summed E-state index contributed by atoms with van der Waals surface area (Å²) in [7, 11) is 0. The standard InChI is InChI=1S/C25H21N/c1-19-15-16-25(26-23-13-6-3-7-14-23)24(17-19)22-12-8-11-21(18-22)20-9-4-2-5-10-20/h2-18,26H,1H3. The summed E-state index contributed by atoms with van der Waals surface area (Å²) in [5.74, 6) is 0. The number of hydrogen-bond acceptors (Lipinski definition) is 1. The summed E-state index contributed by atoms with van der Waals surface area (Å²) in [6, 6.07) is 36.1. The van der Waals surface area contributed by atoms with Crippen molar-refractivity contribution in [2.75, 3.05) is 5.32 Å². The molecule has 0 spiro atoms. The first-order chi connectivity index (χ1) is 12.8. The first-order valence-corrected chi connectivity index (χ1v) is 8.88. The third-order valence-electron chi connectivity index (χ3n) is 4.51. The minimum atomic E-state index is 1.09. The van der Waals surface area contributed by atoms with Gasteiger partial charge in [-0.3, -0.25) is 0 Å². The van der Waals surface area contributed by atoms with Gasteiger partial charge in [-0.1, -0.05) is 78.4 Å². The Morgan fingerprint density at radius 2 is 1.19 bits per heavy atom. The monoisotopic (exact) mass is 335 g/mol. The van der Waals surface area contributed by atoms with Gasteiger partial charge < -0.3 is 5.32 Å². The molecule has 0 aliphatic rings. The second-order valence-electron chi connectivity index (χ2n) is 6.49. The highest BCUT2D eigenvalue weighted by Crippen LogP contribution is 2.33. The molecule has 0 fully saturated rings. The fraction of sp³-hybridized carbons (Fsp3) is 0.0400. The molecule has 0 radical (unpaired) electrons. The highest BCUT2D eigenvalue weighted by molar-refractivity contribution is 5.83. The molecule has 0 unspecified atom stereocenters. The van der Waals surface area contributed by atoms with Crippen molar-refractivity contribution in [1.82, 2.24) is 0 Å². The van der Waals surface area contributed by atoms with Crippen molar-refractivity contribution >= 4 is 11.4 Å². The van der Waals surface area contributed by atoms with Gasteiger partial charge in [0, 0.05) is 16.9 Å². The van der Waals surface area contributed by atoms with E-state index in [1.54, 1.807) is 0 Å². The summed E-state index contributed by atoms with van der Waals surface area (Å²) in [6.45, 7) is 2.14. The molecule has 0 aromatic heterocycles. The van der Waals surface area contributed by atoms with E-state index in [4.69, 9.17) is 0 Å². The van der Waals surface area contributed by atoms with Crippen molar-refractivity contribution in [3.05, 3.63) is 109 Å². The van der Waals surface area contributed by atoms with Gasteiger partial charge in [0.2, 0.25) is 0 Å². The Bertz CT molecular complexity index is 1000. The van der Waals surface area contributed by atoms with Gasteiger partial charge in [0.05, 0.1) is 0 Å². The van der Waals surface area contributed by atoms with Crippen molar-refractivity contribution in [3.63, 3.8) is 0 Å². The van der Waals surface area contributed by atoms with Crippen LogP contribution in [0.25, 0.3) is 22.3 Å². The van der Waals surface area contributed by atoms with Gasteiger partial charge >= 0.3 is 0 Å². The van der Waals surface area contributed by atoms with Crippen LogP contribution in [0, 0.1) is 6.92 Å². The molecule has 0 amide bonds. The molecule has 1 heteroatoms. The normalized spacial score (nSPS) is 10.5. The van der Waals surface area contributed by atoms with Crippen LogP contribution in [-0.2, 0) is 0 Å². The van der Waals surface area contributed by atoms with Crippen molar-refractivity contribution in [2.24, 2.45) is 0 Å². The van der Waals surface area contributed by atoms with E-state index in [1.165, 1.54) is 27.8 Å². The Kier molecular flexibility index (Phi) is 4.53. The number of para-hydroxylation sites is 1. The number of aryl methyl sites for hydroxylation is 1. The molecular weight excluding hydrogens is 314 g/mol. The summed E-state index contributed by atoms with van der Waals surface area (Å²) in [6.07, 6.45) is 0. The molecule has 0 saturated heterocycles. The molecule has 0 heterocycles. The van der Waals surface area contributed by atoms with Gasteiger partial charge in [-0.05, 0) is 53.9 Å². The lowest BCUT2D eigenvalue weighted by Crippen LogP contribution is -1.94. The maximum absolute atomic E-state index is 3.56. The maximum Gasteiger partial charge on any atom is 0.0464 e. The minimum Gasteiger partial charge on any atom is -0.355 e. The van der Waals surface area contributed by atoms with E-state index in [0.29, 0.717) is 0 Å². The Morgan fingerprint density at radius 3 is 1.96 bits per heavy atom. The smallest absolute Gasteiger partial charge is 0.0464 e. The first-order valence-electron chi connectivity index (χ1n) is 8.88. The SMILES string of the molecule is Cc1ccc(Nc2ccccc2)c(-c2cccc(-c3ccccc3)c2)c1. The second kappa shape index (κ2) is 7.28. The summed E-state index contributed by atoms with van der Waals surface area (Å²) in [5, 5.41) is 3.56. The lowest BCUT2D eigenvalue weighted by Gasteiger charge is -2.14. The Labute approximate surface area is 155 Å². The molecule has 126 valence electrons. The van der Waals surface area contributed by atoms with Crippen LogP contribution in [0.4, 0.5) is 11.4 Å².